The number of unbranched alkanes of at least 4 members (excludes halogenated alkanes) is 1. The summed E-state index contributed by atoms with van der Waals surface area (Å²) in [7, 11) is 0. The highest BCUT2D eigenvalue weighted by Crippen LogP contribution is 2.21. The van der Waals surface area contributed by atoms with Gasteiger partial charge in [0.1, 0.15) is 0 Å². The lowest BCUT2D eigenvalue weighted by Gasteiger charge is -2.27. The summed E-state index contributed by atoms with van der Waals surface area (Å²) in [5.74, 6) is -3.65. The van der Waals surface area contributed by atoms with E-state index in [4.69, 9.17) is 4.74 Å². The second-order valence-corrected chi connectivity index (χ2v) is 6.01. The van der Waals surface area contributed by atoms with Gasteiger partial charge in [0.05, 0.1) is 11.7 Å². The summed E-state index contributed by atoms with van der Waals surface area (Å²) in [6, 6.07) is 2.13. The highest BCUT2D eigenvalue weighted by atomic mass is 19.2. The molecule has 1 aromatic rings. The second kappa shape index (κ2) is 7.11. The molecule has 0 fully saturated rings. The van der Waals surface area contributed by atoms with Crippen molar-refractivity contribution in [2.45, 2.75) is 65.1 Å². The molecule has 0 aromatic heterocycles. The van der Waals surface area contributed by atoms with Crippen molar-refractivity contribution in [3.8, 4) is 0 Å². The van der Waals surface area contributed by atoms with Crippen LogP contribution in [-0.2, 0) is 11.2 Å². The van der Waals surface area contributed by atoms with Gasteiger partial charge in [-0.2, -0.15) is 0 Å². The Morgan fingerprint density at radius 2 is 1.60 bits per heavy atom. The Morgan fingerprint density at radius 1 is 1.05 bits per heavy atom. The molecule has 0 saturated heterocycles. The average molecular weight is 288 g/mol. The van der Waals surface area contributed by atoms with Crippen LogP contribution >= 0.6 is 0 Å². The SMILES string of the molecule is CC(C)OC(C)(C)CCCCc1cc(F)c(F)c(F)c1. The molecule has 0 aliphatic heterocycles. The van der Waals surface area contributed by atoms with E-state index < -0.39 is 17.5 Å². The summed E-state index contributed by atoms with van der Waals surface area (Å²) < 4.78 is 44.7. The fourth-order valence-corrected chi connectivity index (χ4v) is 2.33. The Bertz CT molecular complexity index is 418. The monoisotopic (exact) mass is 288 g/mol. The maximum atomic E-state index is 13.0. The van der Waals surface area contributed by atoms with Crippen LogP contribution in [0.2, 0.25) is 0 Å². The maximum Gasteiger partial charge on any atom is 0.194 e. The van der Waals surface area contributed by atoms with E-state index >= 15 is 0 Å². The van der Waals surface area contributed by atoms with E-state index in [1.54, 1.807) is 0 Å². The van der Waals surface area contributed by atoms with Gasteiger partial charge in [-0.1, -0.05) is 6.42 Å². The van der Waals surface area contributed by atoms with Gasteiger partial charge in [-0.25, -0.2) is 13.2 Å². The minimum atomic E-state index is -1.40. The number of rotatable bonds is 7. The van der Waals surface area contributed by atoms with Crippen LogP contribution in [0.3, 0.4) is 0 Å². The lowest BCUT2D eigenvalue weighted by atomic mass is 9.98. The van der Waals surface area contributed by atoms with Crippen LogP contribution in [0.25, 0.3) is 0 Å². The third-order valence-corrected chi connectivity index (χ3v) is 3.09. The van der Waals surface area contributed by atoms with Crippen molar-refractivity contribution < 1.29 is 17.9 Å². The third kappa shape index (κ3) is 5.53. The van der Waals surface area contributed by atoms with Crippen LogP contribution in [0.15, 0.2) is 12.1 Å². The Morgan fingerprint density at radius 3 is 2.10 bits per heavy atom. The summed E-state index contributed by atoms with van der Waals surface area (Å²) in [5.41, 5.74) is 0.289. The Balaban J connectivity index is 2.42. The summed E-state index contributed by atoms with van der Waals surface area (Å²) in [5, 5.41) is 0. The number of halogens is 3. The molecule has 0 N–H and O–H groups in total. The summed E-state index contributed by atoms with van der Waals surface area (Å²) in [4.78, 5) is 0. The highest BCUT2D eigenvalue weighted by Gasteiger charge is 2.19. The fraction of sp³-hybridized carbons (Fsp3) is 0.625. The number of aryl methyl sites for hydroxylation is 1. The molecule has 0 aliphatic rings. The molecule has 0 radical (unpaired) electrons. The highest BCUT2D eigenvalue weighted by molar-refractivity contribution is 5.19. The zero-order valence-electron chi connectivity index (χ0n) is 12.6. The van der Waals surface area contributed by atoms with Crippen molar-refractivity contribution in [2.24, 2.45) is 0 Å². The van der Waals surface area contributed by atoms with Gasteiger partial charge in [0.2, 0.25) is 0 Å². The topological polar surface area (TPSA) is 9.23 Å². The van der Waals surface area contributed by atoms with Gasteiger partial charge in [-0.3, -0.25) is 0 Å². The molecule has 1 rings (SSSR count). The third-order valence-electron chi connectivity index (χ3n) is 3.09. The minimum Gasteiger partial charge on any atom is -0.373 e. The standard InChI is InChI=1S/C16H23F3O/c1-11(2)20-16(3,4)8-6-5-7-12-9-13(17)15(19)14(18)10-12/h9-11H,5-8H2,1-4H3. The molecule has 0 heterocycles. The molecule has 0 spiro atoms. The van der Waals surface area contributed by atoms with E-state index in [0.717, 1.165) is 31.4 Å². The molecular formula is C16H23F3O. The zero-order valence-corrected chi connectivity index (χ0v) is 12.6. The van der Waals surface area contributed by atoms with E-state index in [9.17, 15) is 13.2 Å². The predicted molar refractivity (Wildman–Crippen MR) is 74.2 cm³/mol. The first-order valence-corrected chi connectivity index (χ1v) is 7.02. The lowest BCUT2D eigenvalue weighted by molar-refractivity contribution is -0.0614. The molecule has 1 nitrogen and oxygen atoms in total. The molecule has 1 aromatic carbocycles. The number of ether oxygens (including phenoxy) is 1. The lowest BCUT2D eigenvalue weighted by Crippen LogP contribution is -2.27. The van der Waals surface area contributed by atoms with Crippen molar-refractivity contribution in [3.05, 3.63) is 35.1 Å². The predicted octanol–water partition coefficient (Wildman–Crippen LogP) is 5.02. The number of hydrogen-bond donors (Lipinski definition) is 0. The Labute approximate surface area is 119 Å². The molecule has 0 amide bonds. The van der Waals surface area contributed by atoms with E-state index in [-0.39, 0.29) is 11.7 Å². The van der Waals surface area contributed by atoms with E-state index in [2.05, 4.69) is 0 Å². The summed E-state index contributed by atoms with van der Waals surface area (Å²) in [6.07, 6.45) is 3.25. The Kier molecular flexibility index (Phi) is 6.06. The largest absolute Gasteiger partial charge is 0.373 e. The van der Waals surface area contributed by atoms with Crippen LogP contribution in [0.4, 0.5) is 13.2 Å². The number of hydrogen-bond acceptors (Lipinski definition) is 1. The smallest absolute Gasteiger partial charge is 0.194 e. The van der Waals surface area contributed by atoms with Gasteiger partial charge in [-0.15, -0.1) is 0 Å². The van der Waals surface area contributed by atoms with Crippen LogP contribution in [0.1, 0.15) is 52.5 Å². The summed E-state index contributed by atoms with van der Waals surface area (Å²) >= 11 is 0. The summed E-state index contributed by atoms with van der Waals surface area (Å²) in [6.45, 7) is 8.05. The van der Waals surface area contributed by atoms with E-state index in [0.29, 0.717) is 12.0 Å². The van der Waals surface area contributed by atoms with Crippen molar-refractivity contribution >= 4 is 0 Å². The maximum absolute atomic E-state index is 13.0. The second-order valence-electron chi connectivity index (χ2n) is 6.01. The van der Waals surface area contributed by atoms with E-state index in [1.807, 2.05) is 27.7 Å². The molecule has 20 heavy (non-hydrogen) atoms. The van der Waals surface area contributed by atoms with Gasteiger partial charge >= 0.3 is 0 Å². The van der Waals surface area contributed by atoms with E-state index in [1.165, 1.54) is 0 Å². The first-order valence-electron chi connectivity index (χ1n) is 7.02. The van der Waals surface area contributed by atoms with Gasteiger partial charge in [-0.05, 0) is 64.7 Å². The van der Waals surface area contributed by atoms with Gasteiger partial charge in [0.15, 0.2) is 17.5 Å². The molecule has 0 aliphatic carbocycles. The quantitative estimate of drug-likeness (QED) is 0.505. The number of benzene rings is 1. The van der Waals surface area contributed by atoms with Gasteiger partial charge in [0.25, 0.3) is 0 Å². The van der Waals surface area contributed by atoms with Crippen molar-refractivity contribution in [3.63, 3.8) is 0 Å². The van der Waals surface area contributed by atoms with Crippen molar-refractivity contribution in [1.29, 1.82) is 0 Å². The van der Waals surface area contributed by atoms with Gasteiger partial charge < -0.3 is 4.74 Å². The average Bonchev–Trinajstić information content (AvgIpc) is 2.30. The Hall–Kier alpha value is -1.03. The molecule has 4 heteroatoms. The molecule has 0 bridgehead atoms. The minimum absolute atomic E-state index is 0.172. The van der Waals surface area contributed by atoms with Crippen LogP contribution in [0, 0.1) is 17.5 Å². The zero-order chi connectivity index (χ0) is 15.3. The molecule has 0 unspecified atom stereocenters. The van der Waals surface area contributed by atoms with Crippen LogP contribution in [-0.4, -0.2) is 11.7 Å². The first-order chi connectivity index (χ1) is 9.21. The van der Waals surface area contributed by atoms with Crippen LogP contribution < -0.4 is 0 Å². The normalized spacial score (nSPS) is 12.2. The molecular weight excluding hydrogens is 265 g/mol. The van der Waals surface area contributed by atoms with Crippen molar-refractivity contribution in [1.82, 2.24) is 0 Å². The van der Waals surface area contributed by atoms with Gasteiger partial charge in [0, 0.05) is 0 Å². The molecule has 0 atom stereocenters. The van der Waals surface area contributed by atoms with Crippen LogP contribution in [0.5, 0.6) is 0 Å². The molecule has 114 valence electrons. The van der Waals surface area contributed by atoms with Crippen molar-refractivity contribution in [2.75, 3.05) is 0 Å². The first kappa shape index (κ1) is 17.0. The fourth-order valence-electron chi connectivity index (χ4n) is 2.33. The molecule has 0 saturated carbocycles.